The molecule has 0 radical (unpaired) electrons. The molecular formula is C27H26Cl2N4O4S. The monoisotopic (exact) mass is 572 g/mol. The molecule has 0 aliphatic heterocycles. The number of benzene rings is 3. The highest BCUT2D eigenvalue weighted by atomic mass is 35.5. The largest absolute Gasteiger partial charge is 0.490 e. The number of rotatable bonds is 11. The van der Waals surface area contributed by atoms with Crippen LogP contribution in [-0.4, -0.2) is 32.8 Å². The van der Waals surface area contributed by atoms with Gasteiger partial charge in [-0.05, 0) is 73.9 Å². The molecule has 0 unspecified atom stereocenters. The summed E-state index contributed by atoms with van der Waals surface area (Å²) in [4.78, 5) is 11.3. The van der Waals surface area contributed by atoms with E-state index in [4.69, 9.17) is 32.7 Å². The van der Waals surface area contributed by atoms with Gasteiger partial charge in [0.05, 0.1) is 16.7 Å². The van der Waals surface area contributed by atoms with Gasteiger partial charge in [-0.2, -0.15) is 0 Å². The van der Waals surface area contributed by atoms with Crippen molar-refractivity contribution in [2.45, 2.75) is 37.8 Å². The van der Waals surface area contributed by atoms with E-state index in [9.17, 15) is 10.1 Å². The maximum atomic E-state index is 11.6. The van der Waals surface area contributed by atoms with Crippen LogP contribution in [0.15, 0.2) is 65.8 Å². The summed E-state index contributed by atoms with van der Waals surface area (Å²) in [6.07, 6.45) is 0. The summed E-state index contributed by atoms with van der Waals surface area (Å²) in [5, 5.41) is 21.1. The molecule has 0 fully saturated rings. The summed E-state index contributed by atoms with van der Waals surface area (Å²) < 4.78 is 13.7. The number of nitrogens with zero attached hydrogens (tertiary/aromatic N) is 4. The molecule has 38 heavy (non-hydrogen) atoms. The van der Waals surface area contributed by atoms with Gasteiger partial charge in [-0.1, -0.05) is 59.2 Å². The molecule has 4 aromatic rings. The molecule has 0 N–H and O–H groups in total. The summed E-state index contributed by atoms with van der Waals surface area (Å²) >= 11 is 13.4. The van der Waals surface area contributed by atoms with Crippen LogP contribution in [-0.2, 0) is 6.61 Å². The van der Waals surface area contributed by atoms with Gasteiger partial charge in [0.15, 0.2) is 16.7 Å². The van der Waals surface area contributed by atoms with Crippen LogP contribution in [0.25, 0.3) is 5.69 Å². The Bertz CT molecular complexity index is 1450. The molecule has 0 amide bonds. The first-order chi connectivity index (χ1) is 18.2. The van der Waals surface area contributed by atoms with Crippen LogP contribution in [0.3, 0.4) is 0 Å². The number of aromatic nitrogens is 3. The Morgan fingerprint density at radius 1 is 1.00 bits per heavy atom. The van der Waals surface area contributed by atoms with Gasteiger partial charge in [0.2, 0.25) is 6.54 Å². The van der Waals surface area contributed by atoms with E-state index in [1.54, 1.807) is 24.3 Å². The number of hydrogen-bond donors (Lipinski definition) is 0. The molecule has 0 saturated heterocycles. The van der Waals surface area contributed by atoms with E-state index in [1.807, 2.05) is 61.7 Å². The molecular weight excluding hydrogens is 547 g/mol. The van der Waals surface area contributed by atoms with Crippen LogP contribution in [0, 0.1) is 24.0 Å². The van der Waals surface area contributed by atoms with E-state index >= 15 is 0 Å². The van der Waals surface area contributed by atoms with Gasteiger partial charge in [0.25, 0.3) is 0 Å². The Kier molecular flexibility index (Phi) is 9.14. The van der Waals surface area contributed by atoms with Gasteiger partial charge >= 0.3 is 0 Å². The summed E-state index contributed by atoms with van der Waals surface area (Å²) in [7, 11) is 0. The minimum atomic E-state index is -0.541. The number of hydrogen-bond acceptors (Lipinski definition) is 7. The van der Waals surface area contributed by atoms with Gasteiger partial charge < -0.3 is 9.47 Å². The molecule has 0 aliphatic carbocycles. The zero-order valence-electron chi connectivity index (χ0n) is 21.1. The average molecular weight is 574 g/mol. The summed E-state index contributed by atoms with van der Waals surface area (Å²) in [6, 6.07) is 18.6. The fourth-order valence-corrected chi connectivity index (χ4v) is 5.34. The maximum absolute atomic E-state index is 11.6. The van der Waals surface area contributed by atoms with Gasteiger partial charge in [-0.15, -0.1) is 10.2 Å². The Labute approximate surface area is 235 Å². The van der Waals surface area contributed by atoms with E-state index in [1.165, 1.54) is 11.8 Å². The first-order valence-electron chi connectivity index (χ1n) is 11.9. The van der Waals surface area contributed by atoms with Crippen molar-refractivity contribution < 1.29 is 14.4 Å². The van der Waals surface area contributed by atoms with Crippen LogP contribution in [0.5, 0.6) is 11.5 Å². The molecule has 3 aromatic carbocycles. The second-order valence-corrected chi connectivity index (χ2v) is 10.5. The molecule has 0 aliphatic rings. The molecule has 1 atom stereocenters. The Balaban J connectivity index is 1.62. The maximum Gasteiger partial charge on any atom is 0.220 e. The Morgan fingerprint density at radius 3 is 2.53 bits per heavy atom. The van der Waals surface area contributed by atoms with Gasteiger partial charge in [0, 0.05) is 10.6 Å². The second-order valence-electron chi connectivity index (χ2n) is 8.50. The normalized spacial score (nSPS) is 11.8. The molecule has 1 aromatic heterocycles. The summed E-state index contributed by atoms with van der Waals surface area (Å²) in [6.45, 7) is 6.08. The van der Waals surface area contributed by atoms with E-state index in [2.05, 4.69) is 10.2 Å². The van der Waals surface area contributed by atoms with Crippen LogP contribution >= 0.6 is 35.0 Å². The molecule has 0 bridgehead atoms. The molecule has 4 rings (SSSR count). The fourth-order valence-electron chi connectivity index (χ4n) is 3.86. The first kappa shape index (κ1) is 27.8. The van der Waals surface area contributed by atoms with Crippen LogP contribution in [0.1, 0.15) is 34.7 Å². The molecule has 11 heteroatoms. The predicted molar refractivity (Wildman–Crippen MR) is 150 cm³/mol. The van der Waals surface area contributed by atoms with Crippen molar-refractivity contribution in [2.75, 3.05) is 13.2 Å². The quantitative estimate of drug-likeness (QED) is 0.106. The number of halogens is 2. The zero-order chi connectivity index (χ0) is 27.2. The minimum Gasteiger partial charge on any atom is -0.490 e. The van der Waals surface area contributed by atoms with E-state index in [-0.39, 0.29) is 18.1 Å². The lowest BCUT2D eigenvalue weighted by molar-refractivity contribution is -0.479. The second kappa shape index (κ2) is 12.5. The molecule has 8 nitrogen and oxygen atoms in total. The third kappa shape index (κ3) is 6.78. The third-order valence-electron chi connectivity index (χ3n) is 5.64. The van der Waals surface area contributed by atoms with E-state index in [0.29, 0.717) is 44.7 Å². The van der Waals surface area contributed by atoms with E-state index in [0.717, 1.165) is 16.8 Å². The van der Waals surface area contributed by atoms with Crippen molar-refractivity contribution >= 4 is 35.0 Å². The molecule has 1 heterocycles. The third-order valence-corrected chi connectivity index (χ3v) is 7.56. The SMILES string of the molecule is CCOc1cc([C@H](C[N+](=O)[O-])Sc2nnc(C)n2-c2cccc(C)c2)ccc1OCc1ccc(Cl)c(Cl)c1. The highest BCUT2D eigenvalue weighted by Crippen LogP contribution is 2.40. The van der Waals surface area contributed by atoms with Gasteiger partial charge in [-0.3, -0.25) is 14.7 Å². The Hall–Kier alpha value is -3.27. The number of aryl methyl sites for hydroxylation is 2. The average Bonchev–Trinajstić information content (AvgIpc) is 3.24. The molecule has 0 saturated carbocycles. The number of thioether (sulfide) groups is 1. The van der Waals surface area contributed by atoms with Crippen LogP contribution < -0.4 is 9.47 Å². The van der Waals surface area contributed by atoms with Crippen molar-refractivity contribution in [1.82, 2.24) is 14.8 Å². The lowest BCUT2D eigenvalue weighted by Crippen LogP contribution is -2.12. The van der Waals surface area contributed by atoms with Crippen LogP contribution in [0.4, 0.5) is 0 Å². The topological polar surface area (TPSA) is 92.3 Å². The van der Waals surface area contributed by atoms with E-state index < -0.39 is 5.25 Å². The van der Waals surface area contributed by atoms with Crippen molar-refractivity contribution in [3.63, 3.8) is 0 Å². The lowest BCUT2D eigenvalue weighted by Gasteiger charge is -2.17. The molecule has 198 valence electrons. The summed E-state index contributed by atoms with van der Waals surface area (Å²) in [5.41, 5.74) is 3.55. The number of ether oxygens (including phenoxy) is 2. The Morgan fingerprint density at radius 2 is 1.82 bits per heavy atom. The fraction of sp³-hybridized carbons (Fsp3) is 0.259. The lowest BCUT2D eigenvalue weighted by atomic mass is 10.1. The standard InChI is InChI=1S/C27H26Cl2N4O4S/c1-4-36-25-14-20(9-11-24(25)37-16-19-8-10-22(28)23(29)13-19)26(15-32(34)35)38-27-31-30-18(3)33(27)21-7-5-6-17(2)12-21/h5-14,26H,4,15-16H2,1-3H3/t26-/m0/s1. The van der Waals surface area contributed by atoms with Gasteiger partial charge in [0.1, 0.15) is 17.7 Å². The smallest absolute Gasteiger partial charge is 0.220 e. The predicted octanol–water partition coefficient (Wildman–Crippen LogP) is 7.28. The highest BCUT2D eigenvalue weighted by molar-refractivity contribution is 7.99. The zero-order valence-corrected chi connectivity index (χ0v) is 23.4. The number of nitro groups is 1. The van der Waals surface area contributed by atoms with Crippen molar-refractivity contribution in [2.24, 2.45) is 0 Å². The summed E-state index contributed by atoms with van der Waals surface area (Å²) in [5.74, 6) is 1.71. The van der Waals surface area contributed by atoms with Crippen LogP contribution in [0.2, 0.25) is 10.0 Å². The molecule has 0 spiro atoms. The van der Waals surface area contributed by atoms with Crippen molar-refractivity contribution in [3.8, 4) is 17.2 Å². The minimum absolute atomic E-state index is 0.252. The van der Waals surface area contributed by atoms with Crippen molar-refractivity contribution in [1.29, 1.82) is 0 Å². The first-order valence-corrected chi connectivity index (χ1v) is 13.5. The van der Waals surface area contributed by atoms with Gasteiger partial charge in [-0.25, -0.2) is 0 Å². The van der Waals surface area contributed by atoms with Crippen molar-refractivity contribution in [3.05, 3.63) is 103 Å². The highest BCUT2D eigenvalue weighted by Gasteiger charge is 2.25.